The third-order valence-electron chi connectivity index (χ3n) is 1.85. The van der Waals surface area contributed by atoms with Gasteiger partial charge in [0, 0.05) is 12.5 Å². The van der Waals surface area contributed by atoms with Crippen molar-refractivity contribution >= 4 is 11.8 Å². The molecule has 1 aliphatic heterocycles. The second-order valence-corrected chi connectivity index (χ2v) is 2.97. The monoisotopic (exact) mass is 196 g/mol. The van der Waals surface area contributed by atoms with E-state index >= 15 is 0 Å². The minimum absolute atomic E-state index is 0.0363. The van der Waals surface area contributed by atoms with Gasteiger partial charge in [0.1, 0.15) is 5.76 Å². The maximum absolute atomic E-state index is 11.2. The number of allylic oxidation sites excluding steroid dienone is 2. The quantitative estimate of drug-likeness (QED) is 0.688. The molecule has 1 N–H and O–H groups in total. The first kappa shape index (κ1) is 10.5. The number of aliphatic carboxylic acids is 1. The molecule has 1 aliphatic rings. The molecule has 0 radical (unpaired) electrons. The van der Waals surface area contributed by atoms with Gasteiger partial charge in [-0.05, 0) is 12.5 Å². The minimum Gasteiger partial charge on any atom is -0.489 e. The molecule has 14 heavy (non-hydrogen) atoms. The molecule has 4 heteroatoms. The standard InChI is InChI=1S/C10H12O4/c1-2-3-9-7(4-5-10(12)13)8(11)6-14-9/h4-5H,2-3,6H2,1H3,(H,12,13). The SMILES string of the molecule is CCCC1=C(C=CC(=O)O)C(=O)CO1. The Bertz CT molecular complexity index is 312. The molecule has 0 fully saturated rings. The van der Waals surface area contributed by atoms with Gasteiger partial charge in [-0.15, -0.1) is 0 Å². The maximum atomic E-state index is 11.2. The van der Waals surface area contributed by atoms with Crippen molar-refractivity contribution in [2.24, 2.45) is 0 Å². The largest absolute Gasteiger partial charge is 0.489 e. The molecule has 0 unspecified atom stereocenters. The van der Waals surface area contributed by atoms with Crippen molar-refractivity contribution in [2.75, 3.05) is 6.61 Å². The van der Waals surface area contributed by atoms with Gasteiger partial charge in [0.05, 0.1) is 5.57 Å². The Kier molecular flexibility index (Phi) is 3.45. The lowest BCUT2D eigenvalue weighted by Gasteiger charge is -1.99. The van der Waals surface area contributed by atoms with Gasteiger partial charge < -0.3 is 9.84 Å². The highest BCUT2D eigenvalue weighted by molar-refractivity contribution is 6.02. The molecule has 0 bridgehead atoms. The molecule has 0 saturated heterocycles. The van der Waals surface area contributed by atoms with Crippen molar-refractivity contribution in [1.82, 2.24) is 0 Å². The highest BCUT2D eigenvalue weighted by Crippen LogP contribution is 2.21. The molecule has 0 aliphatic carbocycles. The molecule has 4 nitrogen and oxygen atoms in total. The van der Waals surface area contributed by atoms with Crippen molar-refractivity contribution in [1.29, 1.82) is 0 Å². The molecule has 0 aromatic carbocycles. The van der Waals surface area contributed by atoms with Crippen LogP contribution in [0.3, 0.4) is 0 Å². The number of hydrogen-bond donors (Lipinski definition) is 1. The molecule has 0 atom stereocenters. The Morgan fingerprint density at radius 2 is 2.36 bits per heavy atom. The summed E-state index contributed by atoms with van der Waals surface area (Å²) in [6.07, 6.45) is 3.80. The van der Waals surface area contributed by atoms with E-state index < -0.39 is 5.97 Å². The van der Waals surface area contributed by atoms with Crippen LogP contribution in [0.4, 0.5) is 0 Å². The number of carboxylic acid groups (broad SMARTS) is 1. The summed E-state index contributed by atoms with van der Waals surface area (Å²) in [6.45, 7) is 2.01. The van der Waals surface area contributed by atoms with Crippen LogP contribution in [-0.4, -0.2) is 23.5 Å². The summed E-state index contributed by atoms with van der Waals surface area (Å²) in [5.41, 5.74) is 0.397. The number of carbonyl (C=O) groups is 2. The van der Waals surface area contributed by atoms with E-state index in [9.17, 15) is 9.59 Å². The van der Waals surface area contributed by atoms with E-state index in [0.29, 0.717) is 17.8 Å². The van der Waals surface area contributed by atoms with E-state index in [1.165, 1.54) is 6.08 Å². The van der Waals surface area contributed by atoms with Crippen molar-refractivity contribution in [3.05, 3.63) is 23.5 Å². The van der Waals surface area contributed by atoms with Crippen LogP contribution in [0.15, 0.2) is 23.5 Å². The third kappa shape index (κ3) is 2.45. The molecule has 0 spiro atoms. The summed E-state index contributed by atoms with van der Waals surface area (Å²) in [6, 6.07) is 0. The lowest BCUT2D eigenvalue weighted by Crippen LogP contribution is -1.99. The highest BCUT2D eigenvalue weighted by atomic mass is 16.5. The summed E-state index contributed by atoms with van der Waals surface area (Å²) in [5.74, 6) is -0.603. The van der Waals surface area contributed by atoms with Crippen LogP contribution in [0, 0.1) is 0 Å². The third-order valence-corrected chi connectivity index (χ3v) is 1.85. The first-order valence-electron chi connectivity index (χ1n) is 4.45. The molecule has 76 valence electrons. The normalized spacial score (nSPS) is 16.5. The Balaban J connectivity index is 2.83. The number of Topliss-reactive ketones (excluding diaryl/α,β-unsaturated/α-hetero) is 1. The maximum Gasteiger partial charge on any atom is 0.328 e. The fourth-order valence-corrected chi connectivity index (χ4v) is 1.24. The Labute approximate surface area is 81.9 Å². The van der Waals surface area contributed by atoms with E-state index in [-0.39, 0.29) is 12.4 Å². The predicted molar refractivity (Wildman–Crippen MR) is 49.7 cm³/mol. The fraction of sp³-hybridized carbons (Fsp3) is 0.400. The van der Waals surface area contributed by atoms with Gasteiger partial charge in [0.15, 0.2) is 6.61 Å². The summed E-state index contributed by atoms with van der Waals surface area (Å²) < 4.78 is 5.14. The average molecular weight is 196 g/mol. The molecule has 0 aromatic heterocycles. The molecule has 1 heterocycles. The number of hydrogen-bond acceptors (Lipinski definition) is 3. The second kappa shape index (κ2) is 4.60. The lowest BCUT2D eigenvalue weighted by molar-refractivity contribution is -0.131. The number of carboxylic acids is 1. The van der Waals surface area contributed by atoms with Crippen LogP contribution < -0.4 is 0 Å². The summed E-state index contributed by atoms with van der Waals surface area (Å²) in [5, 5.41) is 8.41. The first-order chi connectivity index (χ1) is 6.65. The summed E-state index contributed by atoms with van der Waals surface area (Å²) in [4.78, 5) is 21.5. The zero-order valence-corrected chi connectivity index (χ0v) is 7.95. The van der Waals surface area contributed by atoms with Crippen LogP contribution in [0.1, 0.15) is 19.8 Å². The van der Waals surface area contributed by atoms with Gasteiger partial charge in [-0.2, -0.15) is 0 Å². The number of ether oxygens (including phenoxy) is 1. The topological polar surface area (TPSA) is 63.6 Å². The average Bonchev–Trinajstić information content (AvgIpc) is 2.45. The molecule has 0 aromatic rings. The Hall–Kier alpha value is -1.58. The summed E-state index contributed by atoms with van der Waals surface area (Å²) in [7, 11) is 0. The van der Waals surface area contributed by atoms with Crippen molar-refractivity contribution in [3.63, 3.8) is 0 Å². The van der Waals surface area contributed by atoms with Crippen LogP contribution in [-0.2, 0) is 14.3 Å². The van der Waals surface area contributed by atoms with E-state index in [0.717, 1.165) is 12.5 Å². The minimum atomic E-state index is -1.06. The molecule has 1 rings (SSSR count). The van der Waals surface area contributed by atoms with E-state index in [4.69, 9.17) is 9.84 Å². The highest BCUT2D eigenvalue weighted by Gasteiger charge is 2.21. The van der Waals surface area contributed by atoms with Gasteiger partial charge in [-0.1, -0.05) is 6.92 Å². The second-order valence-electron chi connectivity index (χ2n) is 2.97. The van der Waals surface area contributed by atoms with Crippen LogP contribution in [0.2, 0.25) is 0 Å². The van der Waals surface area contributed by atoms with Gasteiger partial charge in [-0.3, -0.25) is 4.79 Å². The fourth-order valence-electron chi connectivity index (χ4n) is 1.24. The predicted octanol–water partition coefficient (Wildman–Crippen LogP) is 1.28. The zero-order chi connectivity index (χ0) is 10.6. The van der Waals surface area contributed by atoms with E-state index in [1.807, 2.05) is 6.92 Å². The molecule has 0 amide bonds. The van der Waals surface area contributed by atoms with Gasteiger partial charge in [0.2, 0.25) is 5.78 Å². The van der Waals surface area contributed by atoms with E-state index in [2.05, 4.69) is 0 Å². The summed E-state index contributed by atoms with van der Waals surface area (Å²) >= 11 is 0. The Morgan fingerprint density at radius 1 is 1.64 bits per heavy atom. The Morgan fingerprint density at radius 3 is 2.93 bits per heavy atom. The molecular weight excluding hydrogens is 184 g/mol. The van der Waals surface area contributed by atoms with Gasteiger partial charge in [-0.25, -0.2) is 4.79 Å². The first-order valence-corrected chi connectivity index (χ1v) is 4.45. The van der Waals surface area contributed by atoms with E-state index in [1.54, 1.807) is 0 Å². The van der Waals surface area contributed by atoms with Crippen molar-refractivity contribution in [3.8, 4) is 0 Å². The zero-order valence-electron chi connectivity index (χ0n) is 7.95. The van der Waals surface area contributed by atoms with Crippen LogP contribution >= 0.6 is 0 Å². The number of ketones is 1. The van der Waals surface area contributed by atoms with Gasteiger partial charge in [0.25, 0.3) is 0 Å². The van der Waals surface area contributed by atoms with Crippen molar-refractivity contribution < 1.29 is 19.4 Å². The smallest absolute Gasteiger partial charge is 0.328 e. The van der Waals surface area contributed by atoms with Crippen molar-refractivity contribution in [2.45, 2.75) is 19.8 Å². The molecular formula is C10H12O4. The van der Waals surface area contributed by atoms with Crippen LogP contribution in [0.5, 0.6) is 0 Å². The lowest BCUT2D eigenvalue weighted by atomic mass is 10.1. The molecule has 0 saturated carbocycles. The van der Waals surface area contributed by atoms with Crippen LogP contribution in [0.25, 0.3) is 0 Å². The number of carbonyl (C=O) groups excluding carboxylic acids is 1. The number of rotatable bonds is 4. The van der Waals surface area contributed by atoms with Gasteiger partial charge >= 0.3 is 5.97 Å².